The van der Waals surface area contributed by atoms with E-state index in [4.69, 9.17) is 11.6 Å². The number of aliphatic hydroxyl groups excluding tert-OH is 1. The highest BCUT2D eigenvalue weighted by Gasteiger charge is 2.35. The Morgan fingerprint density at radius 2 is 2.10 bits per heavy atom. The molecule has 1 fully saturated rings. The summed E-state index contributed by atoms with van der Waals surface area (Å²) in [6.45, 7) is 4.32. The molecule has 1 aromatic rings. The van der Waals surface area contributed by atoms with Gasteiger partial charge in [-0.25, -0.2) is 8.42 Å². The molecule has 0 bridgehead atoms. The molecule has 0 aliphatic carbocycles. The smallest absolute Gasteiger partial charge is 0.244 e. The van der Waals surface area contributed by atoms with Crippen LogP contribution in [0.4, 0.5) is 0 Å². The second-order valence-corrected chi connectivity index (χ2v) is 7.66. The number of rotatable bonds is 3. The van der Waals surface area contributed by atoms with Gasteiger partial charge in [0, 0.05) is 12.6 Å². The largest absolute Gasteiger partial charge is 0.392 e. The lowest BCUT2D eigenvalue weighted by Crippen LogP contribution is -2.45. The molecule has 4 nitrogen and oxygen atoms in total. The topological polar surface area (TPSA) is 57.6 Å². The number of piperidine rings is 1. The van der Waals surface area contributed by atoms with Gasteiger partial charge in [0.25, 0.3) is 0 Å². The van der Waals surface area contributed by atoms with Crippen molar-refractivity contribution in [2.45, 2.75) is 44.2 Å². The van der Waals surface area contributed by atoms with Crippen molar-refractivity contribution in [2.75, 3.05) is 6.54 Å². The number of hydrogen-bond acceptors (Lipinski definition) is 3. The Morgan fingerprint density at radius 1 is 1.40 bits per heavy atom. The summed E-state index contributed by atoms with van der Waals surface area (Å²) < 4.78 is 27.1. The fraction of sp³-hybridized carbons (Fsp3) is 0.571. The van der Waals surface area contributed by atoms with E-state index in [-0.39, 0.29) is 22.6 Å². The van der Waals surface area contributed by atoms with Gasteiger partial charge in [-0.05, 0) is 43.4 Å². The zero-order chi connectivity index (χ0) is 14.9. The highest BCUT2D eigenvalue weighted by molar-refractivity contribution is 7.89. The molecule has 112 valence electrons. The van der Waals surface area contributed by atoms with Crippen molar-refractivity contribution >= 4 is 21.6 Å². The summed E-state index contributed by atoms with van der Waals surface area (Å²) in [5.41, 5.74) is 0.547. The highest BCUT2D eigenvalue weighted by Crippen LogP contribution is 2.32. The summed E-state index contributed by atoms with van der Waals surface area (Å²) in [4.78, 5) is 0.0895. The van der Waals surface area contributed by atoms with Gasteiger partial charge in [-0.3, -0.25) is 0 Å². The predicted molar refractivity (Wildman–Crippen MR) is 79.1 cm³/mol. The molecule has 0 spiro atoms. The van der Waals surface area contributed by atoms with E-state index in [1.54, 1.807) is 6.07 Å². The average Bonchev–Trinajstić information content (AvgIpc) is 2.42. The Hall–Kier alpha value is -0.620. The van der Waals surface area contributed by atoms with Gasteiger partial charge in [-0.1, -0.05) is 24.6 Å². The van der Waals surface area contributed by atoms with E-state index in [1.807, 2.05) is 6.92 Å². The molecule has 0 amide bonds. The third-order valence-electron chi connectivity index (χ3n) is 4.08. The maximum Gasteiger partial charge on any atom is 0.244 e. The first-order valence-corrected chi connectivity index (χ1v) is 8.61. The van der Waals surface area contributed by atoms with Gasteiger partial charge in [-0.2, -0.15) is 4.31 Å². The number of halogens is 1. The van der Waals surface area contributed by atoms with Crippen molar-refractivity contribution in [3.8, 4) is 0 Å². The summed E-state index contributed by atoms with van der Waals surface area (Å²) in [7, 11) is -3.62. The van der Waals surface area contributed by atoms with Gasteiger partial charge in [-0.15, -0.1) is 0 Å². The Kier molecular flexibility index (Phi) is 4.74. The first-order chi connectivity index (χ1) is 9.37. The maximum absolute atomic E-state index is 12.8. The van der Waals surface area contributed by atoms with Gasteiger partial charge in [0.05, 0.1) is 11.6 Å². The molecule has 6 heteroatoms. The number of aliphatic hydroxyl groups is 1. The van der Waals surface area contributed by atoms with Crippen LogP contribution < -0.4 is 0 Å². The van der Waals surface area contributed by atoms with E-state index in [9.17, 15) is 13.5 Å². The van der Waals surface area contributed by atoms with E-state index in [1.165, 1.54) is 16.4 Å². The first kappa shape index (κ1) is 15.8. The van der Waals surface area contributed by atoms with Gasteiger partial charge in [0.2, 0.25) is 10.0 Å². The van der Waals surface area contributed by atoms with Crippen molar-refractivity contribution in [2.24, 2.45) is 5.92 Å². The summed E-state index contributed by atoms with van der Waals surface area (Å²) in [5.74, 6) is 0.332. The van der Waals surface area contributed by atoms with E-state index < -0.39 is 10.0 Å². The summed E-state index contributed by atoms with van der Waals surface area (Å²) in [6.07, 6.45) is 1.90. The zero-order valence-electron chi connectivity index (χ0n) is 11.7. The molecule has 1 aliphatic rings. The van der Waals surface area contributed by atoms with Crippen LogP contribution in [-0.4, -0.2) is 30.4 Å². The third kappa shape index (κ3) is 2.86. The monoisotopic (exact) mass is 317 g/mol. The van der Waals surface area contributed by atoms with Crippen LogP contribution in [0.2, 0.25) is 5.02 Å². The van der Waals surface area contributed by atoms with Crippen LogP contribution >= 0.6 is 11.6 Å². The lowest BCUT2D eigenvalue weighted by molar-refractivity contribution is 0.202. The van der Waals surface area contributed by atoms with Gasteiger partial charge in [0.1, 0.15) is 4.90 Å². The second-order valence-electron chi connectivity index (χ2n) is 5.40. The third-order valence-corrected chi connectivity index (χ3v) is 6.55. The minimum Gasteiger partial charge on any atom is -0.392 e. The minimum absolute atomic E-state index is 0.0393. The second kappa shape index (κ2) is 6.02. The summed E-state index contributed by atoms with van der Waals surface area (Å²) in [5, 5.41) is 9.37. The fourth-order valence-electron chi connectivity index (χ4n) is 2.61. The van der Waals surface area contributed by atoms with Gasteiger partial charge in [0.15, 0.2) is 0 Å². The molecule has 0 saturated carbocycles. The molecule has 20 heavy (non-hydrogen) atoms. The van der Waals surface area contributed by atoms with Crippen molar-refractivity contribution < 1.29 is 13.5 Å². The number of hydrogen-bond donors (Lipinski definition) is 1. The first-order valence-electron chi connectivity index (χ1n) is 6.79. The molecule has 1 aromatic carbocycles. The van der Waals surface area contributed by atoms with Crippen molar-refractivity contribution in [3.05, 3.63) is 28.8 Å². The van der Waals surface area contributed by atoms with Crippen LogP contribution in [0.5, 0.6) is 0 Å². The Balaban J connectivity index is 2.44. The van der Waals surface area contributed by atoms with Crippen LogP contribution in [0.15, 0.2) is 23.1 Å². The van der Waals surface area contributed by atoms with Crippen molar-refractivity contribution in [1.82, 2.24) is 4.31 Å². The predicted octanol–water partition coefficient (Wildman–Crippen LogP) is 2.64. The summed E-state index contributed by atoms with van der Waals surface area (Å²) >= 11 is 6.05. The minimum atomic E-state index is -3.62. The average molecular weight is 318 g/mol. The number of sulfonamides is 1. The molecular formula is C14H20ClNO3S. The van der Waals surface area contributed by atoms with E-state index in [0.29, 0.717) is 18.0 Å². The molecule has 2 atom stereocenters. The van der Waals surface area contributed by atoms with E-state index in [0.717, 1.165) is 12.8 Å². The van der Waals surface area contributed by atoms with E-state index >= 15 is 0 Å². The van der Waals surface area contributed by atoms with Crippen LogP contribution in [0.3, 0.4) is 0 Å². The normalized spacial score (nSPS) is 24.8. The van der Waals surface area contributed by atoms with Gasteiger partial charge >= 0.3 is 0 Å². The maximum atomic E-state index is 12.8. The molecule has 1 aliphatic heterocycles. The SMILES string of the molecule is CC1CCCN(S(=O)(=O)c2cc(CO)ccc2Cl)C1C. The van der Waals surface area contributed by atoms with Crippen LogP contribution in [0, 0.1) is 5.92 Å². The Bertz CT molecular complexity index is 588. The lowest BCUT2D eigenvalue weighted by atomic mass is 9.94. The molecule has 0 radical (unpaired) electrons. The fourth-order valence-corrected chi connectivity index (χ4v) is 4.90. The van der Waals surface area contributed by atoms with E-state index in [2.05, 4.69) is 6.92 Å². The molecule has 0 aromatic heterocycles. The Labute approximate surface area is 125 Å². The molecular weight excluding hydrogens is 298 g/mol. The standard InChI is InChI=1S/C14H20ClNO3S/c1-10-4-3-7-16(11(10)2)20(18,19)14-8-12(9-17)5-6-13(14)15/h5-6,8,10-11,17H,3-4,7,9H2,1-2H3. The highest BCUT2D eigenvalue weighted by atomic mass is 35.5. The molecule has 1 heterocycles. The van der Waals surface area contributed by atoms with Crippen molar-refractivity contribution in [1.29, 1.82) is 0 Å². The number of benzene rings is 1. The van der Waals surface area contributed by atoms with Crippen molar-refractivity contribution in [3.63, 3.8) is 0 Å². The number of nitrogens with zero attached hydrogens (tertiary/aromatic N) is 1. The molecule has 2 rings (SSSR count). The zero-order valence-corrected chi connectivity index (χ0v) is 13.3. The molecule has 1 saturated heterocycles. The van der Waals surface area contributed by atoms with Crippen LogP contribution in [0.25, 0.3) is 0 Å². The van der Waals surface area contributed by atoms with Crippen LogP contribution in [-0.2, 0) is 16.6 Å². The summed E-state index contributed by atoms with van der Waals surface area (Å²) in [6, 6.07) is 4.58. The molecule has 2 unspecified atom stereocenters. The van der Waals surface area contributed by atoms with Gasteiger partial charge < -0.3 is 5.11 Å². The Morgan fingerprint density at radius 3 is 2.75 bits per heavy atom. The molecule has 1 N–H and O–H groups in total. The quantitative estimate of drug-likeness (QED) is 0.932. The lowest BCUT2D eigenvalue weighted by Gasteiger charge is -2.37. The van der Waals surface area contributed by atoms with Crippen LogP contribution in [0.1, 0.15) is 32.3 Å².